The first kappa shape index (κ1) is 20.5. The summed E-state index contributed by atoms with van der Waals surface area (Å²) in [4.78, 5) is 14.3. The maximum atomic E-state index is 9.17. The van der Waals surface area contributed by atoms with Crippen LogP contribution in [0.5, 0.6) is 6.01 Å². The Labute approximate surface area is 188 Å². The first-order chi connectivity index (χ1) is 15.7. The molecule has 1 fully saturated rings. The van der Waals surface area contributed by atoms with E-state index in [1.807, 2.05) is 0 Å². The van der Waals surface area contributed by atoms with Crippen LogP contribution in [0, 0.1) is 11.3 Å². The van der Waals surface area contributed by atoms with Crippen LogP contribution in [0.1, 0.15) is 24.6 Å². The van der Waals surface area contributed by atoms with Gasteiger partial charge in [0.2, 0.25) is 0 Å². The Bertz CT molecular complexity index is 1170. The molecule has 2 aliphatic rings. The number of nitrogens with one attached hydrogen (secondary N) is 1. The molecular weight excluding hydrogens is 400 g/mol. The third-order valence-corrected chi connectivity index (χ3v) is 6.57. The fourth-order valence-electron chi connectivity index (χ4n) is 4.88. The van der Waals surface area contributed by atoms with Gasteiger partial charge in [-0.25, -0.2) is 0 Å². The monoisotopic (exact) mass is 428 g/mol. The number of hydrogen-bond acceptors (Lipinski definition) is 7. The molecule has 1 N–H and O–H groups in total. The van der Waals surface area contributed by atoms with Gasteiger partial charge in [-0.3, -0.25) is 0 Å². The van der Waals surface area contributed by atoms with Crippen LogP contribution in [0.15, 0.2) is 42.5 Å². The van der Waals surface area contributed by atoms with Crippen LogP contribution in [0.3, 0.4) is 0 Å². The van der Waals surface area contributed by atoms with Crippen LogP contribution in [0.4, 0.5) is 11.5 Å². The molecule has 0 unspecified atom stereocenters. The normalized spacial score (nSPS) is 20.7. The molecule has 164 valence electrons. The van der Waals surface area contributed by atoms with Crippen molar-refractivity contribution < 1.29 is 4.74 Å². The third kappa shape index (κ3) is 3.71. The molecule has 0 spiro atoms. The average molecular weight is 429 g/mol. The molecule has 0 radical (unpaired) electrons. The molecule has 1 saturated heterocycles. The molecule has 3 heterocycles. The van der Waals surface area contributed by atoms with Gasteiger partial charge in [0.05, 0.1) is 31.8 Å². The van der Waals surface area contributed by atoms with Crippen molar-refractivity contribution in [1.29, 1.82) is 5.26 Å². The molecule has 2 aliphatic heterocycles. The molecular formula is C25H28N6O. The minimum atomic E-state index is 0.142. The molecule has 3 aromatic rings. The van der Waals surface area contributed by atoms with Crippen molar-refractivity contribution in [2.24, 2.45) is 0 Å². The molecule has 0 amide bonds. The van der Waals surface area contributed by atoms with Crippen LogP contribution in [0.2, 0.25) is 0 Å². The van der Waals surface area contributed by atoms with Gasteiger partial charge in [0.25, 0.3) is 0 Å². The van der Waals surface area contributed by atoms with E-state index in [0.29, 0.717) is 12.4 Å². The summed E-state index contributed by atoms with van der Waals surface area (Å²) >= 11 is 0. The van der Waals surface area contributed by atoms with Gasteiger partial charge in [-0.1, -0.05) is 36.4 Å². The number of ether oxygens (including phenoxy) is 1. The van der Waals surface area contributed by atoms with Gasteiger partial charge in [0, 0.05) is 48.4 Å². The number of methoxy groups -OCH3 is 1. The van der Waals surface area contributed by atoms with Crippen LogP contribution in [0.25, 0.3) is 10.8 Å². The minimum absolute atomic E-state index is 0.142. The van der Waals surface area contributed by atoms with Crippen molar-refractivity contribution in [2.45, 2.75) is 38.4 Å². The number of aromatic nitrogens is 2. The molecule has 2 atom stereocenters. The summed E-state index contributed by atoms with van der Waals surface area (Å²) < 4.78 is 5.50. The molecule has 0 aliphatic carbocycles. The zero-order valence-corrected chi connectivity index (χ0v) is 18.6. The molecule has 1 aromatic heterocycles. The second-order valence-electron chi connectivity index (χ2n) is 8.60. The lowest BCUT2D eigenvalue weighted by molar-refractivity contribution is 0.370. The van der Waals surface area contributed by atoms with Gasteiger partial charge >= 0.3 is 6.01 Å². The largest absolute Gasteiger partial charge is 0.467 e. The third-order valence-electron chi connectivity index (χ3n) is 6.57. The van der Waals surface area contributed by atoms with E-state index >= 15 is 0 Å². The van der Waals surface area contributed by atoms with E-state index in [0.717, 1.165) is 44.1 Å². The average Bonchev–Trinajstić information content (AvgIpc) is 2.84. The topological polar surface area (TPSA) is 77.3 Å². The molecule has 2 aromatic carbocycles. The van der Waals surface area contributed by atoms with Crippen molar-refractivity contribution in [3.8, 4) is 12.1 Å². The summed E-state index contributed by atoms with van der Waals surface area (Å²) in [6, 6.07) is 18.1. The van der Waals surface area contributed by atoms with Crippen LogP contribution in [-0.4, -0.2) is 48.8 Å². The molecule has 7 nitrogen and oxygen atoms in total. The number of hydrogen-bond donors (Lipinski definition) is 1. The standard InChI is InChI=1S/C25H28N6O/c1-17-14-27-19(10-12-26)15-31(17)24-21-11-13-30(16-22(21)28-25(29-24)32-2)23-9-5-7-18-6-3-4-8-20(18)23/h3-9,17,19,27H,10-11,13-16H2,1-2H3/t17-,19-/m0/s1. The fraction of sp³-hybridized carbons (Fsp3) is 0.400. The first-order valence-electron chi connectivity index (χ1n) is 11.2. The predicted molar refractivity (Wildman–Crippen MR) is 126 cm³/mol. The number of nitrogens with zero attached hydrogens (tertiary/aromatic N) is 5. The van der Waals surface area contributed by atoms with Crippen molar-refractivity contribution >= 4 is 22.3 Å². The van der Waals surface area contributed by atoms with Gasteiger partial charge in [-0.2, -0.15) is 15.2 Å². The second-order valence-corrected chi connectivity index (χ2v) is 8.60. The fourth-order valence-corrected chi connectivity index (χ4v) is 4.88. The number of fused-ring (bicyclic) bond motifs is 2. The van der Waals surface area contributed by atoms with E-state index in [2.05, 4.69) is 70.6 Å². The predicted octanol–water partition coefficient (Wildman–Crippen LogP) is 3.28. The number of rotatable bonds is 4. The lowest BCUT2D eigenvalue weighted by Crippen LogP contribution is -2.56. The lowest BCUT2D eigenvalue weighted by Gasteiger charge is -2.41. The number of benzene rings is 2. The van der Waals surface area contributed by atoms with Crippen molar-refractivity contribution in [3.05, 3.63) is 53.7 Å². The van der Waals surface area contributed by atoms with E-state index in [9.17, 15) is 0 Å². The van der Waals surface area contributed by atoms with E-state index in [1.165, 1.54) is 22.0 Å². The van der Waals surface area contributed by atoms with Gasteiger partial charge in [-0.15, -0.1) is 0 Å². The Hall–Kier alpha value is -3.37. The summed E-state index contributed by atoms with van der Waals surface area (Å²) in [5, 5.41) is 15.1. The highest BCUT2D eigenvalue weighted by molar-refractivity contribution is 5.94. The van der Waals surface area contributed by atoms with Crippen molar-refractivity contribution in [2.75, 3.05) is 36.5 Å². The minimum Gasteiger partial charge on any atom is -0.467 e. The maximum absolute atomic E-state index is 9.17. The zero-order valence-electron chi connectivity index (χ0n) is 18.6. The molecule has 5 rings (SSSR count). The highest BCUT2D eigenvalue weighted by Crippen LogP contribution is 2.34. The first-order valence-corrected chi connectivity index (χ1v) is 11.2. The Morgan fingerprint density at radius 1 is 1.19 bits per heavy atom. The highest BCUT2D eigenvalue weighted by Gasteiger charge is 2.31. The Kier molecular flexibility index (Phi) is 5.54. The Morgan fingerprint density at radius 2 is 2.03 bits per heavy atom. The Balaban J connectivity index is 1.51. The molecule has 7 heteroatoms. The van der Waals surface area contributed by atoms with Gasteiger partial charge < -0.3 is 19.9 Å². The van der Waals surface area contributed by atoms with Gasteiger partial charge in [0.15, 0.2) is 0 Å². The number of piperazine rings is 1. The highest BCUT2D eigenvalue weighted by atomic mass is 16.5. The van der Waals surface area contributed by atoms with Crippen molar-refractivity contribution in [3.63, 3.8) is 0 Å². The zero-order chi connectivity index (χ0) is 22.1. The lowest BCUT2D eigenvalue weighted by atomic mass is 10.0. The SMILES string of the molecule is COc1nc2c(c(N3C[C@H](CC#N)NC[C@@H]3C)n1)CCN(c1cccc3ccccc13)C2. The summed E-state index contributed by atoms with van der Waals surface area (Å²) in [5.74, 6) is 0.960. The number of anilines is 2. The smallest absolute Gasteiger partial charge is 0.318 e. The van der Waals surface area contributed by atoms with E-state index in [4.69, 9.17) is 20.0 Å². The summed E-state index contributed by atoms with van der Waals surface area (Å²) in [7, 11) is 1.62. The van der Waals surface area contributed by atoms with E-state index in [1.54, 1.807) is 7.11 Å². The maximum Gasteiger partial charge on any atom is 0.318 e. The van der Waals surface area contributed by atoms with Gasteiger partial charge in [-0.05, 0) is 24.8 Å². The van der Waals surface area contributed by atoms with Crippen LogP contribution < -0.4 is 19.9 Å². The summed E-state index contributed by atoms with van der Waals surface area (Å²) in [5.41, 5.74) is 3.46. The second kappa shape index (κ2) is 8.64. The van der Waals surface area contributed by atoms with Crippen molar-refractivity contribution in [1.82, 2.24) is 15.3 Å². The number of nitriles is 1. The Morgan fingerprint density at radius 3 is 2.88 bits per heavy atom. The van der Waals surface area contributed by atoms with Gasteiger partial charge in [0.1, 0.15) is 5.82 Å². The molecule has 32 heavy (non-hydrogen) atoms. The summed E-state index contributed by atoms with van der Waals surface area (Å²) in [6.07, 6.45) is 1.36. The van der Waals surface area contributed by atoms with E-state index < -0.39 is 0 Å². The van der Waals surface area contributed by atoms with Crippen LogP contribution in [-0.2, 0) is 13.0 Å². The quantitative estimate of drug-likeness (QED) is 0.683. The van der Waals surface area contributed by atoms with E-state index in [-0.39, 0.29) is 12.1 Å². The van der Waals surface area contributed by atoms with Crippen LogP contribution >= 0.6 is 0 Å². The summed E-state index contributed by atoms with van der Waals surface area (Å²) in [6.45, 7) is 5.41. The molecule has 0 bridgehead atoms. The molecule has 0 saturated carbocycles.